The summed E-state index contributed by atoms with van der Waals surface area (Å²) in [6.07, 6.45) is 2.25. The molecular weight excluding hydrogens is 248 g/mol. The SMILES string of the molecule is O=C(c1cc(=O)[nH]c(=O)[nH]1)N1CC2CCCNC2C1. The predicted molar refractivity (Wildman–Crippen MR) is 68.1 cm³/mol. The molecule has 0 aromatic carbocycles. The molecule has 1 amide bonds. The molecule has 0 bridgehead atoms. The summed E-state index contributed by atoms with van der Waals surface area (Å²) in [5.74, 6) is 0.200. The van der Waals surface area contributed by atoms with Crippen molar-refractivity contribution in [3.8, 4) is 0 Å². The van der Waals surface area contributed by atoms with E-state index in [2.05, 4.69) is 15.3 Å². The first-order valence-corrected chi connectivity index (χ1v) is 6.50. The number of carbonyl (C=O) groups excluding carboxylic acids is 1. The Balaban J connectivity index is 1.81. The highest BCUT2D eigenvalue weighted by atomic mass is 16.2. The Hall–Kier alpha value is -1.89. The molecule has 2 saturated heterocycles. The summed E-state index contributed by atoms with van der Waals surface area (Å²) in [6, 6.07) is 1.48. The highest BCUT2D eigenvalue weighted by Crippen LogP contribution is 2.25. The number of nitrogens with one attached hydrogen (secondary N) is 3. The van der Waals surface area contributed by atoms with Crippen LogP contribution in [0.4, 0.5) is 0 Å². The molecular formula is C12H16N4O3. The monoisotopic (exact) mass is 264 g/mol. The van der Waals surface area contributed by atoms with Gasteiger partial charge in [-0.25, -0.2) is 4.79 Å². The standard InChI is InChI=1S/C12H16N4O3/c17-10-4-8(14-12(19)15-10)11(18)16-5-7-2-1-3-13-9(7)6-16/h4,7,9,13H,1-3,5-6H2,(H2,14,15,17,19). The number of rotatable bonds is 1. The van der Waals surface area contributed by atoms with Crippen LogP contribution in [0.25, 0.3) is 0 Å². The number of likely N-dealkylation sites (tertiary alicyclic amines) is 1. The zero-order valence-corrected chi connectivity index (χ0v) is 10.4. The van der Waals surface area contributed by atoms with E-state index >= 15 is 0 Å². The van der Waals surface area contributed by atoms with E-state index < -0.39 is 11.2 Å². The van der Waals surface area contributed by atoms with Crippen LogP contribution in [0.2, 0.25) is 0 Å². The first-order valence-electron chi connectivity index (χ1n) is 6.50. The number of piperidine rings is 1. The number of aromatic amines is 2. The molecule has 3 N–H and O–H groups in total. The van der Waals surface area contributed by atoms with E-state index in [4.69, 9.17) is 0 Å². The summed E-state index contributed by atoms with van der Waals surface area (Å²) in [6.45, 7) is 2.31. The summed E-state index contributed by atoms with van der Waals surface area (Å²) in [7, 11) is 0. The molecule has 7 nitrogen and oxygen atoms in total. The van der Waals surface area contributed by atoms with E-state index in [0.29, 0.717) is 25.0 Å². The molecule has 3 heterocycles. The van der Waals surface area contributed by atoms with Gasteiger partial charge in [-0.2, -0.15) is 0 Å². The second-order valence-corrected chi connectivity index (χ2v) is 5.17. The van der Waals surface area contributed by atoms with Crippen LogP contribution in [0.1, 0.15) is 23.3 Å². The minimum atomic E-state index is -0.648. The third-order valence-corrected chi connectivity index (χ3v) is 3.88. The Labute approximate surface area is 109 Å². The van der Waals surface area contributed by atoms with Crippen molar-refractivity contribution < 1.29 is 4.79 Å². The minimum absolute atomic E-state index is 0.0624. The van der Waals surface area contributed by atoms with Gasteiger partial charge in [0.15, 0.2) is 0 Å². The van der Waals surface area contributed by atoms with E-state index in [1.807, 2.05) is 0 Å². The van der Waals surface area contributed by atoms with Crippen molar-refractivity contribution in [3.63, 3.8) is 0 Å². The molecule has 1 aromatic heterocycles. The fourth-order valence-electron chi connectivity index (χ4n) is 2.97. The van der Waals surface area contributed by atoms with Gasteiger partial charge in [0.2, 0.25) is 0 Å². The topological polar surface area (TPSA) is 98.1 Å². The molecule has 2 unspecified atom stereocenters. The number of nitrogens with zero attached hydrogens (tertiary/aromatic N) is 1. The second kappa shape index (κ2) is 4.65. The van der Waals surface area contributed by atoms with E-state index in [1.54, 1.807) is 4.90 Å². The quantitative estimate of drug-likeness (QED) is 0.599. The van der Waals surface area contributed by atoms with Gasteiger partial charge < -0.3 is 15.2 Å². The van der Waals surface area contributed by atoms with Crippen LogP contribution >= 0.6 is 0 Å². The summed E-state index contributed by atoms with van der Waals surface area (Å²) >= 11 is 0. The van der Waals surface area contributed by atoms with Crippen LogP contribution in [0.3, 0.4) is 0 Å². The number of H-pyrrole nitrogens is 2. The molecule has 102 valence electrons. The van der Waals surface area contributed by atoms with Crippen LogP contribution < -0.4 is 16.6 Å². The maximum atomic E-state index is 12.3. The van der Waals surface area contributed by atoms with Gasteiger partial charge in [0, 0.05) is 25.2 Å². The molecule has 3 rings (SSSR count). The van der Waals surface area contributed by atoms with Gasteiger partial charge in [-0.05, 0) is 25.3 Å². The third kappa shape index (κ3) is 2.33. The van der Waals surface area contributed by atoms with Crippen LogP contribution in [0, 0.1) is 5.92 Å². The Bertz CT molecular complexity index is 563. The van der Waals surface area contributed by atoms with Gasteiger partial charge in [0.1, 0.15) is 5.69 Å². The fraction of sp³-hybridized carbons (Fsp3) is 0.583. The van der Waals surface area contributed by atoms with E-state index in [1.165, 1.54) is 0 Å². The Morgan fingerprint density at radius 3 is 2.84 bits per heavy atom. The average Bonchev–Trinajstić information content (AvgIpc) is 2.80. The summed E-state index contributed by atoms with van der Waals surface area (Å²) < 4.78 is 0. The lowest BCUT2D eigenvalue weighted by Crippen LogP contribution is -2.41. The lowest BCUT2D eigenvalue weighted by Gasteiger charge is -2.24. The molecule has 2 aliphatic rings. The summed E-state index contributed by atoms with van der Waals surface area (Å²) in [4.78, 5) is 40.8. The smallest absolute Gasteiger partial charge is 0.326 e. The number of hydrogen-bond donors (Lipinski definition) is 3. The summed E-state index contributed by atoms with van der Waals surface area (Å²) in [5.41, 5.74) is -1.14. The molecule has 2 atom stereocenters. The van der Waals surface area contributed by atoms with Crippen molar-refractivity contribution in [2.75, 3.05) is 19.6 Å². The van der Waals surface area contributed by atoms with E-state index in [-0.39, 0.29) is 11.6 Å². The number of aromatic nitrogens is 2. The first-order chi connectivity index (χ1) is 9.13. The first kappa shape index (κ1) is 12.2. The molecule has 0 radical (unpaired) electrons. The Kier molecular flexibility index (Phi) is 2.98. The van der Waals surface area contributed by atoms with Crippen molar-refractivity contribution in [2.24, 2.45) is 5.92 Å². The highest BCUT2D eigenvalue weighted by Gasteiger charge is 2.36. The maximum Gasteiger partial charge on any atom is 0.326 e. The molecule has 2 fully saturated rings. The van der Waals surface area contributed by atoms with Crippen molar-refractivity contribution >= 4 is 5.91 Å². The van der Waals surface area contributed by atoms with Gasteiger partial charge in [-0.15, -0.1) is 0 Å². The second-order valence-electron chi connectivity index (χ2n) is 5.17. The van der Waals surface area contributed by atoms with Gasteiger partial charge in [-0.1, -0.05) is 0 Å². The van der Waals surface area contributed by atoms with Crippen LogP contribution in [0.5, 0.6) is 0 Å². The Morgan fingerprint density at radius 2 is 2.11 bits per heavy atom. The number of hydrogen-bond acceptors (Lipinski definition) is 4. The van der Waals surface area contributed by atoms with E-state index in [9.17, 15) is 14.4 Å². The number of amides is 1. The highest BCUT2D eigenvalue weighted by molar-refractivity contribution is 5.92. The molecule has 0 saturated carbocycles. The normalized spacial score (nSPS) is 26.2. The largest absolute Gasteiger partial charge is 0.335 e. The summed E-state index contributed by atoms with van der Waals surface area (Å²) in [5, 5.41) is 3.41. The van der Waals surface area contributed by atoms with Crippen LogP contribution in [-0.2, 0) is 0 Å². The molecule has 0 spiro atoms. The third-order valence-electron chi connectivity index (χ3n) is 3.88. The van der Waals surface area contributed by atoms with Crippen molar-refractivity contribution in [3.05, 3.63) is 32.6 Å². The predicted octanol–water partition coefficient (Wildman–Crippen LogP) is -1.11. The lowest BCUT2D eigenvalue weighted by molar-refractivity contribution is 0.0779. The lowest BCUT2D eigenvalue weighted by atomic mass is 9.94. The van der Waals surface area contributed by atoms with Crippen LogP contribution in [-0.4, -0.2) is 46.5 Å². The van der Waals surface area contributed by atoms with E-state index in [0.717, 1.165) is 25.5 Å². The minimum Gasteiger partial charge on any atom is -0.335 e. The number of carbonyl (C=O) groups is 1. The van der Waals surface area contributed by atoms with Gasteiger partial charge >= 0.3 is 5.69 Å². The fourth-order valence-corrected chi connectivity index (χ4v) is 2.97. The zero-order valence-electron chi connectivity index (χ0n) is 10.4. The van der Waals surface area contributed by atoms with Gasteiger partial charge in [0.25, 0.3) is 11.5 Å². The molecule has 1 aromatic rings. The van der Waals surface area contributed by atoms with Crippen molar-refractivity contribution in [1.29, 1.82) is 0 Å². The Morgan fingerprint density at radius 1 is 1.26 bits per heavy atom. The van der Waals surface area contributed by atoms with Crippen molar-refractivity contribution in [1.82, 2.24) is 20.2 Å². The molecule has 19 heavy (non-hydrogen) atoms. The molecule has 7 heteroatoms. The van der Waals surface area contributed by atoms with Crippen molar-refractivity contribution in [2.45, 2.75) is 18.9 Å². The number of fused-ring (bicyclic) bond motifs is 1. The molecule has 0 aliphatic carbocycles. The van der Waals surface area contributed by atoms with Gasteiger partial charge in [-0.3, -0.25) is 14.6 Å². The zero-order chi connectivity index (χ0) is 13.4. The molecule has 2 aliphatic heterocycles. The average molecular weight is 264 g/mol. The van der Waals surface area contributed by atoms with Crippen LogP contribution in [0.15, 0.2) is 15.7 Å². The maximum absolute atomic E-state index is 12.3. The van der Waals surface area contributed by atoms with Gasteiger partial charge in [0.05, 0.1) is 0 Å².